The molecule has 0 saturated carbocycles. The molecule has 0 aromatic carbocycles. The lowest BCUT2D eigenvalue weighted by Gasteiger charge is -2.19. The van der Waals surface area contributed by atoms with E-state index < -0.39 is 0 Å². The first-order valence-corrected chi connectivity index (χ1v) is 5.51. The number of hydrogen-bond donors (Lipinski definition) is 2. The van der Waals surface area contributed by atoms with E-state index in [1.165, 1.54) is 0 Å². The Bertz CT molecular complexity index is 174. The van der Waals surface area contributed by atoms with Crippen LogP contribution in [0.2, 0.25) is 0 Å². The Balaban J connectivity index is 3.52. The van der Waals surface area contributed by atoms with Gasteiger partial charge in [-0.2, -0.15) is 0 Å². The maximum atomic E-state index is 8.36. The van der Waals surface area contributed by atoms with Crippen molar-refractivity contribution in [3.8, 4) is 0 Å². The highest BCUT2D eigenvalue weighted by molar-refractivity contribution is 5.79. The second-order valence-electron chi connectivity index (χ2n) is 3.33. The van der Waals surface area contributed by atoms with Gasteiger partial charge in [0.05, 0.1) is 6.61 Å². The van der Waals surface area contributed by atoms with E-state index in [4.69, 9.17) is 15.7 Å². The molecule has 3 N–H and O–H groups in total. The zero-order valence-electron chi connectivity index (χ0n) is 9.78. The van der Waals surface area contributed by atoms with Crippen LogP contribution in [0.4, 0.5) is 0 Å². The number of nitrogens with two attached hydrogens (primary N) is 1. The molecule has 0 aromatic heterocycles. The fourth-order valence-corrected chi connectivity index (χ4v) is 1.30. The lowest BCUT2D eigenvalue weighted by molar-refractivity contribution is 0.115. The van der Waals surface area contributed by atoms with Crippen LogP contribution in [0.1, 0.15) is 26.7 Å². The van der Waals surface area contributed by atoms with Crippen molar-refractivity contribution in [3.63, 3.8) is 0 Å². The molecule has 0 fully saturated rings. The minimum atomic E-state index is 0.302. The van der Waals surface area contributed by atoms with E-state index >= 15 is 0 Å². The van der Waals surface area contributed by atoms with Gasteiger partial charge in [-0.3, -0.25) is 0 Å². The molecule has 0 unspecified atom stereocenters. The van der Waals surface area contributed by atoms with E-state index in [2.05, 4.69) is 17.0 Å². The normalized spacial score (nSPS) is 12.3. The Labute approximate surface area is 91.9 Å². The first-order valence-electron chi connectivity index (χ1n) is 5.51. The molecule has 0 saturated heterocycles. The first-order chi connectivity index (χ1) is 7.24. The second-order valence-corrected chi connectivity index (χ2v) is 3.33. The maximum Gasteiger partial charge on any atom is 0.139 e. The van der Waals surface area contributed by atoms with Crippen LogP contribution in [0.3, 0.4) is 0 Å². The zero-order valence-corrected chi connectivity index (χ0v) is 9.78. The molecule has 15 heavy (non-hydrogen) atoms. The van der Waals surface area contributed by atoms with Crippen molar-refractivity contribution >= 4 is 5.84 Å². The quantitative estimate of drug-likeness (QED) is 0.198. The van der Waals surface area contributed by atoms with E-state index in [-0.39, 0.29) is 0 Å². The number of amidine groups is 1. The van der Waals surface area contributed by atoms with Crippen LogP contribution in [0.5, 0.6) is 0 Å². The van der Waals surface area contributed by atoms with E-state index in [0.717, 1.165) is 39.3 Å². The smallest absolute Gasteiger partial charge is 0.139 e. The van der Waals surface area contributed by atoms with Crippen LogP contribution in [-0.4, -0.2) is 48.8 Å². The summed E-state index contributed by atoms with van der Waals surface area (Å²) < 4.78 is 5.28. The number of oxime groups is 1. The Morgan fingerprint density at radius 3 is 2.67 bits per heavy atom. The predicted octanol–water partition coefficient (Wildman–Crippen LogP) is 0.871. The number of hydrogen-bond acceptors (Lipinski definition) is 4. The summed E-state index contributed by atoms with van der Waals surface area (Å²) in [7, 11) is 0. The molecule has 0 bridgehead atoms. The molecule has 5 heteroatoms. The van der Waals surface area contributed by atoms with Crippen LogP contribution >= 0.6 is 0 Å². The predicted molar refractivity (Wildman–Crippen MR) is 61.2 cm³/mol. The highest BCUT2D eigenvalue weighted by Gasteiger charge is 2.02. The molecule has 5 nitrogen and oxygen atoms in total. The SMILES string of the molecule is CCOCCN(CC)CCCC(N)=NO. The van der Waals surface area contributed by atoms with E-state index in [9.17, 15) is 0 Å². The summed E-state index contributed by atoms with van der Waals surface area (Å²) in [6.07, 6.45) is 1.55. The highest BCUT2D eigenvalue weighted by atomic mass is 16.5. The Kier molecular flexibility index (Phi) is 9.21. The lowest BCUT2D eigenvalue weighted by atomic mass is 10.2. The molecule has 0 aliphatic rings. The van der Waals surface area contributed by atoms with Gasteiger partial charge in [0.1, 0.15) is 5.84 Å². The van der Waals surface area contributed by atoms with Gasteiger partial charge in [0, 0.05) is 19.6 Å². The largest absolute Gasteiger partial charge is 0.409 e. The van der Waals surface area contributed by atoms with Crippen molar-refractivity contribution in [2.24, 2.45) is 10.9 Å². The van der Waals surface area contributed by atoms with Crippen LogP contribution in [-0.2, 0) is 4.74 Å². The van der Waals surface area contributed by atoms with Crippen molar-refractivity contribution in [2.45, 2.75) is 26.7 Å². The van der Waals surface area contributed by atoms with E-state index in [1.54, 1.807) is 0 Å². The summed E-state index contributed by atoms with van der Waals surface area (Å²) in [5, 5.41) is 11.3. The summed E-state index contributed by atoms with van der Waals surface area (Å²) in [4.78, 5) is 2.29. The second kappa shape index (κ2) is 9.73. The van der Waals surface area contributed by atoms with Crippen molar-refractivity contribution < 1.29 is 9.94 Å². The van der Waals surface area contributed by atoms with Gasteiger partial charge in [-0.05, 0) is 26.4 Å². The molecule has 0 amide bonds. The molecule has 90 valence electrons. The van der Waals surface area contributed by atoms with Crippen molar-refractivity contribution in [1.29, 1.82) is 0 Å². The summed E-state index contributed by atoms with van der Waals surface area (Å²) in [6.45, 7) is 8.56. The molecule has 0 radical (unpaired) electrons. The number of ether oxygens (including phenoxy) is 1. The third-order valence-electron chi connectivity index (χ3n) is 2.24. The van der Waals surface area contributed by atoms with Crippen LogP contribution in [0.25, 0.3) is 0 Å². The number of nitrogens with zero attached hydrogens (tertiary/aromatic N) is 2. The molecule has 0 aromatic rings. The fraction of sp³-hybridized carbons (Fsp3) is 0.900. The molecule has 0 aliphatic carbocycles. The fourth-order valence-electron chi connectivity index (χ4n) is 1.30. The summed E-state index contributed by atoms with van der Waals surface area (Å²) >= 11 is 0. The standard InChI is InChI=1S/C10H23N3O2/c1-3-13(8-9-15-4-2)7-5-6-10(11)12-14/h14H,3-9H2,1-2H3,(H2,11,12). The first kappa shape index (κ1) is 14.2. The van der Waals surface area contributed by atoms with Gasteiger partial charge in [-0.15, -0.1) is 0 Å². The van der Waals surface area contributed by atoms with Gasteiger partial charge >= 0.3 is 0 Å². The van der Waals surface area contributed by atoms with Gasteiger partial charge in [-0.25, -0.2) is 0 Å². The lowest BCUT2D eigenvalue weighted by Crippen LogP contribution is -2.29. The van der Waals surface area contributed by atoms with Crippen molar-refractivity contribution in [1.82, 2.24) is 4.90 Å². The zero-order chi connectivity index (χ0) is 11.5. The van der Waals surface area contributed by atoms with Gasteiger partial charge in [0.25, 0.3) is 0 Å². The summed E-state index contributed by atoms with van der Waals surface area (Å²) in [5.41, 5.74) is 5.38. The van der Waals surface area contributed by atoms with Crippen LogP contribution in [0, 0.1) is 0 Å². The molecule has 0 spiro atoms. The van der Waals surface area contributed by atoms with E-state index in [1.807, 2.05) is 6.92 Å². The topological polar surface area (TPSA) is 71.1 Å². The Morgan fingerprint density at radius 1 is 1.40 bits per heavy atom. The number of likely N-dealkylation sites (N-methyl/N-ethyl adjacent to an activating group) is 1. The minimum absolute atomic E-state index is 0.302. The van der Waals surface area contributed by atoms with Gasteiger partial charge in [0.2, 0.25) is 0 Å². The van der Waals surface area contributed by atoms with Crippen molar-refractivity contribution in [2.75, 3.05) is 32.8 Å². The summed E-state index contributed by atoms with van der Waals surface area (Å²) in [5.74, 6) is 0.302. The van der Waals surface area contributed by atoms with E-state index in [0.29, 0.717) is 12.3 Å². The minimum Gasteiger partial charge on any atom is -0.409 e. The monoisotopic (exact) mass is 217 g/mol. The molecular weight excluding hydrogens is 194 g/mol. The molecular formula is C10H23N3O2. The average molecular weight is 217 g/mol. The Hall–Kier alpha value is -0.810. The highest BCUT2D eigenvalue weighted by Crippen LogP contribution is 1.95. The van der Waals surface area contributed by atoms with Gasteiger partial charge in [-0.1, -0.05) is 12.1 Å². The molecule has 0 rings (SSSR count). The van der Waals surface area contributed by atoms with Gasteiger partial charge < -0.3 is 20.6 Å². The van der Waals surface area contributed by atoms with Gasteiger partial charge in [0.15, 0.2) is 0 Å². The van der Waals surface area contributed by atoms with Crippen LogP contribution in [0.15, 0.2) is 5.16 Å². The summed E-state index contributed by atoms with van der Waals surface area (Å²) in [6, 6.07) is 0. The average Bonchev–Trinajstić information content (AvgIpc) is 2.26. The molecule has 0 heterocycles. The Morgan fingerprint density at radius 2 is 2.13 bits per heavy atom. The third-order valence-corrected chi connectivity index (χ3v) is 2.24. The number of rotatable bonds is 9. The molecule has 0 aliphatic heterocycles. The van der Waals surface area contributed by atoms with Crippen molar-refractivity contribution in [3.05, 3.63) is 0 Å². The third kappa shape index (κ3) is 8.20. The molecule has 0 atom stereocenters. The maximum absolute atomic E-state index is 8.36. The van der Waals surface area contributed by atoms with Crippen LogP contribution < -0.4 is 5.73 Å².